The van der Waals surface area contributed by atoms with Crippen LogP contribution in [0.1, 0.15) is 12.8 Å². The first-order valence-electron chi connectivity index (χ1n) is 5.54. The maximum Gasteiger partial charge on any atom is 0.162 e. The van der Waals surface area contributed by atoms with Gasteiger partial charge >= 0.3 is 0 Å². The topological polar surface area (TPSA) is 21.3 Å². The Morgan fingerprint density at radius 3 is 2.88 bits per heavy atom. The number of ether oxygens (including phenoxy) is 1. The maximum atomic E-state index is 12.9. The lowest BCUT2D eigenvalue weighted by atomic mass is 10.0. The van der Waals surface area contributed by atoms with Crippen molar-refractivity contribution in [3.8, 4) is 5.75 Å². The summed E-state index contributed by atoms with van der Waals surface area (Å²) in [6, 6.07) is 3.63. The highest BCUT2D eigenvalue weighted by Crippen LogP contribution is 2.17. The second-order valence-electron chi connectivity index (χ2n) is 4.10. The molecule has 0 aromatic heterocycles. The molecule has 1 fully saturated rings. The monoisotopic (exact) mass is 227 g/mol. The van der Waals surface area contributed by atoms with Crippen LogP contribution >= 0.6 is 0 Å². The van der Waals surface area contributed by atoms with Crippen LogP contribution in [0.5, 0.6) is 5.75 Å². The van der Waals surface area contributed by atoms with Gasteiger partial charge in [-0.1, -0.05) is 0 Å². The minimum Gasteiger partial charge on any atom is -0.493 e. The fourth-order valence-electron chi connectivity index (χ4n) is 1.85. The van der Waals surface area contributed by atoms with E-state index in [0.717, 1.165) is 38.1 Å². The van der Waals surface area contributed by atoms with Crippen LogP contribution < -0.4 is 10.1 Å². The third-order valence-electron chi connectivity index (χ3n) is 2.78. The van der Waals surface area contributed by atoms with Crippen molar-refractivity contribution >= 4 is 0 Å². The van der Waals surface area contributed by atoms with E-state index in [4.69, 9.17) is 4.74 Å². The molecule has 1 atom stereocenters. The van der Waals surface area contributed by atoms with E-state index in [9.17, 15) is 8.78 Å². The molecule has 1 aliphatic rings. The van der Waals surface area contributed by atoms with Gasteiger partial charge in [0.2, 0.25) is 0 Å². The molecule has 0 saturated carbocycles. The lowest BCUT2D eigenvalue weighted by molar-refractivity contribution is 0.217. The Labute approximate surface area is 93.6 Å². The molecule has 0 bridgehead atoms. The molecule has 0 amide bonds. The summed E-state index contributed by atoms with van der Waals surface area (Å²) < 4.78 is 31.0. The predicted molar refractivity (Wildman–Crippen MR) is 57.4 cm³/mol. The number of rotatable bonds is 3. The van der Waals surface area contributed by atoms with Gasteiger partial charge in [-0.3, -0.25) is 0 Å². The predicted octanol–water partition coefficient (Wildman–Crippen LogP) is 2.34. The van der Waals surface area contributed by atoms with E-state index in [1.165, 1.54) is 6.07 Å². The van der Waals surface area contributed by atoms with E-state index < -0.39 is 11.6 Å². The summed E-state index contributed by atoms with van der Waals surface area (Å²) in [5, 5.41) is 3.28. The smallest absolute Gasteiger partial charge is 0.162 e. The van der Waals surface area contributed by atoms with Gasteiger partial charge in [-0.05, 0) is 31.5 Å². The largest absolute Gasteiger partial charge is 0.493 e. The van der Waals surface area contributed by atoms with Crippen molar-refractivity contribution in [2.24, 2.45) is 5.92 Å². The fraction of sp³-hybridized carbons (Fsp3) is 0.500. The SMILES string of the molecule is Fc1ccc(OC[C@@H]2CCCNC2)cc1F. The normalized spacial score (nSPS) is 20.8. The Bertz CT molecular complexity index is 351. The average molecular weight is 227 g/mol. The van der Waals surface area contributed by atoms with E-state index >= 15 is 0 Å². The molecule has 0 aliphatic carbocycles. The molecule has 1 aliphatic heterocycles. The lowest BCUT2D eigenvalue weighted by Gasteiger charge is -2.22. The Balaban J connectivity index is 1.86. The van der Waals surface area contributed by atoms with Crippen LogP contribution in [-0.2, 0) is 0 Å². The van der Waals surface area contributed by atoms with Gasteiger partial charge in [-0.15, -0.1) is 0 Å². The molecule has 0 unspecified atom stereocenters. The molecule has 1 saturated heterocycles. The van der Waals surface area contributed by atoms with Gasteiger partial charge in [0.1, 0.15) is 5.75 Å². The molecular formula is C12H15F2NO. The van der Waals surface area contributed by atoms with Crippen molar-refractivity contribution in [3.05, 3.63) is 29.8 Å². The van der Waals surface area contributed by atoms with E-state index in [-0.39, 0.29) is 0 Å². The van der Waals surface area contributed by atoms with Crippen LogP contribution in [0.2, 0.25) is 0 Å². The first-order valence-corrected chi connectivity index (χ1v) is 5.54. The van der Waals surface area contributed by atoms with Gasteiger partial charge in [-0.2, -0.15) is 0 Å². The summed E-state index contributed by atoms with van der Waals surface area (Å²) >= 11 is 0. The molecule has 2 nitrogen and oxygen atoms in total. The first kappa shape index (κ1) is 11.3. The number of piperidine rings is 1. The molecule has 16 heavy (non-hydrogen) atoms. The molecule has 4 heteroatoms. The van der Waals surface area contributed by atoms with Gasteiger partial charge in [-0.25, -0.2) is 8.78 Å². The maximum absolute atomic E-state index is 12.9. The van der Waals surface area contributed by atoms with Crippen molar-refractivity contribution in [1.29, 1.82) is 0 Å². The number of hydrogen-bond acceptors (Lipinski definition) is 2. The minimum atomic E-state index is -0.862. The van der Waals surface area contributed by atoms with Crippen LogP contribution in [0.25, 0.3) is 0 Å². The van der Waals surface area contributed by atoms with Crippen molar-refractivity contribution in [2.45, 2.75) is 12.8 Å². The highest BCUT2D eigenvalue weighted by Gasteiger charge is 2.13. The van der Waals surface area contributed by atoms with Crippen molar-refractivity contribution in [1.82, 2.24) is 5.32 Å². The van der Waals surface area contributed by atoms with Gasteiger partial charge in [0.25, 0.3) is 0 Å². The van der Waals surface area contributed by atoms with Crippen molar-refractivity contribution < 1.29 is 13.5 Å². The third kappa shape index (κ3) is 2.92. The third-order valence-corrected chi connectivity index (χ3v) is 2.78. The molecule has 1 heterocycles. The second-order valence-corrected chi connectivity index (χ2v) is 4.10. The Morgan fingerprint density at radius 1 is 1.31 bits per heavy atom. The van der Waals surface area contributed by atoms with Gasteiger partial charge in [0, 0.05) is 18.5 Å². The summed E-state index contributed by atoms with van der Waals surface area (Å²) in [7, 11) is 0. The van der Waals surface area contributed by atoms with Gasteiger partial charge in [0.05, 0.1) is 6.61 Å². The summed E-state index contributed by atoms with van der Waals surface area (Å²) in [6.45, 7) is 2.55. The summed E-state index contributed by atoms with van der Waals surface area (Å²) in [4.78, 5) is 0. The van der Waals surface area contributed by atoms with E-state index in [0.29, 0.717) is 18.3 Å². The molecule has 0 radical (unpaired) electrons. The van der Waals surface area contributed by atoms with E-state index in [1.54, 1.807) is 0 Å². The zero-order valence-electron chi connectivity index (χ0n) is 9.01. The van der Waals surface area contributed by atoms with Crippen molar-refractivity contribution in [3.63, 3.8) is 0 Å². The van der Waals surface area contributed by atoms with Crippen LogP contribution in [0.15, 0.2) is 18.2 Å². The Morgan fingerprint density at radius 2 is 2.19 bits per heavy atom. The van der Waals surface area contributed by atoms with Gasteiger partial charge < -0.3 is 10.1 Å². The number of halogens is 2. The minimum absolute atomic E-state index is 0.393. The zero-order valence-corrected chi connectivity index (χ0v) is 9.01. The molecule has 1 aromatic carbocycles. The Hall–Kier alpha value is -1.16. The number of nitrogens with one attached hydrogen (secondary N) is 1. The summed E-state index contributed by atoms with van der Waals surface area (Å²) in [6.07, 6.45) is 2.27. The Kier molecular flexibility index (Phi) is 3.72. The van der Waals surface area contributed by atoms with Crippen LogP contribution in [0.3, 0.4) is 0 Å². The molecule has 1 N–H and O–H groups in total. The van der Waals surface area contributed by atoms with Crippen molar-refractivity contribution in [2.75, 3.05) is 19.7 Å². The first-order chi connectivity index (χ1) is 7.75. The molecule has 88 valence electrons. The number of benzene rings is 1. The quantitative estimate of drug-likeness (QED) is 0.855. The number of hydrogen-bond donors (Lipinski definition) is 1. The highest BCUT2D eigenvalue weighted by molar-refractivity contribution is 5.23. The molecule has 2 rings (SSSR count). The van der Waals surface area contributed by atoms with Crippen LogP contribution in [0, 0.1) is 17.6 Å². The standard InChI is InChI=1S/C12H15F2NO/c13-11-4-3-10(6-12(11)14)16-8-9-2-1-5-15-7-9/h3-4,6,9,15H,1-2,5,7-8H2/t9-/m1/s1. The average Bonchev–Trinajstić information content (AvgIpc) is 2.32. The zero-order chi connectivity index (χ0) is 11.4. The molecular weight excluding hydrogens is 212 g/mol. The molecule has 1 aromatic rings. The highest BCUT2D eigenvalue weighted by atomic mass is 19.2. The van der Waals surface area contributed by atoms with Crippen LogP contribution in [-0.4, -0.2) is 19.7 Å². The van der Waals surface area contributed by atoms with Crippen LogP contribution in [0.4, 0.5) is 8.78 Å². The lowest BCUT2D eigenvalue weighted by Crippen LogP contribution is -2.33. The van der Waals surface area contributed by atoms with Gasteiger partial charge in [0.15, 0.2) is 11.6 Å². The van der Waals surface area contributed by atoms with E-state index in [1.807, 2.05) is 0 Å². The molecule has 0 spiro atoms. The van der Waals surface area contributed by atoms with E-state index in [2.05, 4.69) is 5.32 Å². The second kappa shape index (κ2) is 5.25. The summed E-state index contributed by atoms with van der Waals surface area (Å²) in [5.41, 5.74) is 0. The summed E-state index contributed by atoms with van der Waals surface area (Å²) in [5.74, 6) is -0.850. The fourth-order valence-corrected chi connectivity index (χ4v) is 1.85.